The highest BCUT2D eigenvalue weighted by Crippen LogP contribution is 2.30. The summed E-state index contributed by atoms with van der Waals surface area (Å²) >= 11 is 0. The van der Waals surface area contributed by atoms with Crippen molar-refractivity contribution < 1.29 is 9.13 Å². The monoisotopic (exact) mass is 273 g/mol. The summed E-state index contributed by atoms with van der Waals surface area (Å²) in [7, 11) is 1.47. The highest BCUT2D eigenvalue weighted by Gasteiger charge is 2.27. The van der Waals surface area contributed by atoms with Crippen LogP contribution < -0.4 is 10.5 Å². The maximum atomic E-state index is 14.3. The van der Waals surface area contributed by atoms with Crippen molar-refractivity contribution >= 4 is 0 Å². The fraction of sp³-hybridized carbons (Fsp3) is 0.294. The van der Waals surface area contributed by atoms with E-state index < -0.39 is 5.54 Å². The lowest BCUT2D eigenvalue weighted by molar-refractivity contribution is 0.374. The maximum absolute atomic E-state index is 14.3. The predicted octanol–water partition coefficient (Wildman–Crippen LogP) is 3.64. The summed E-state index contributed by atoms with van der Waals surface area (Å²) in [6.07, 6.45) is 1.17. The van der Waals surface area contributed by atoms with Crippen LogP contribution in [-0.4, -0.2) is 7.11 Å². The Morgan fingerprint density at radius 3 is 2.40 bits per heavy atom. The highest BCUT2D eigenvalue weighted by atomic mass is 19.1. The molecular weight excluding hydrogens is 253 g/mol. The first kappa shape index (κ1) is 14.5. The van der Waals surface area contributed by atoms with Crippen LogP contribution in [0.1, 0.15) is 24.5 Å². The lowest BCUT2D eigenvalue weighted by Gasteiger charge is -2.29. The average Bonchev–Trinajstić information content (AvgIpc) is 2.50. The van der Waals surface area contributed by atoms with E-state index in [2.05, 4.69) is 0 Å². The van der Waals surface area contributed by atoms with Crippen molar-refractivity contribution in [3.05, 3.63) is 65.5 Å². The number of nitrogens with two attached hydrogens (primary N) is 1. The summed E-state index contributed by atoms with van der Waals surface area (Å²) in [4.78, 5) is 0. The standard InChI is InChI=1S/C17H20FNO/c1-3-17(19,14-9-5-4-6-10-14)12-13-8-7-11-15(20-2)16(13)18/h4-11H,3,12,19H2,1-2H3. The third kappa shape index (κ3) is 2.83. The van der Waals surface area contributed by atoms with Gasteiger partial charge in [-0.15, -0.1) is 0 Å². The minimum atomic E-state index is -0.575. The summed E-state index contributed by atoms with van der Waals surface area (Å²) in [6, 6.07) is 15.0. The molecule has 2 nitrogen and oxygen atoms in total. The van der Waals surface area contributed by atoms with Crippen molar-refractivity contribution in [2.45, 2.75) is 25.3 Å². The molecule has 2 aromatic rings. The van der Waals surface area contributed by atoms with Crippen molar-refractivity contribution in [1.82, 2.24) is 0 Å². The van der Waals surface area contributed by atoms with E-state index >= 15 is 0 Å². The first-order chi connectivity index (χ1) is 9.60. The molecule has 2 rings (SSSR count). The molecule has 106 valence electrons. The number of halogens is 1. The Kier molecular flexibility index (Phi) is 4.40. The zero-order valence-corrected chi connectivity index (χ0v) is 11.9. The van der Waals surface area contributed by atoms with E-state index in [1.54, 1.807) is 18.2 Å². The Hall–Kier alpha value is -1.87. The van der Waals surface area contributed by atoms with Gasteiger partial charge in [-0.1, -0.05) is 49.4 Å². The zero-order chi connectivity index (χ0) is 14.6. The van der Waals surface area contributed by atoms with Crippen LogP contribution in [0.4, 0.5) is 4.39 Å². The molecule has 0 fully saturated rings. The van der Waals surface area contributed by atoms with Gasteiger partial charge in [0, 0.05) is 5.54 Å². The molecule has 0 bridgehead atoms. The molecule has 0 aliphatic rings. The summed E-state index contributed by atoms with van der Waals surface area (Å²) < 4.78 is 19.3. The SMILES string of the molecule is CCC(N)(Cc1cccc(OC)c1F)c1ccccc1. The van der Waals surface area contributed by atoms with E-state index in [4.69, 9.17) is 10.5 Å². The second-order valence-corrected chi connectivity index (χ2v) is 4.99. The Morgan fingerprint density at radius 2 is 1.80 bits per heavy atom. The van der Waals surface area contributed by atoms with Gasteiger partial charge < -0.3 is 10.5 Å². The van der Waals surface area contributed by atoms with Crippen LogP contribution in [0.2, 0.25) is 0 Å². The smallest absolute Gasteiger partial charge is 0.168 e. The van der Waals surface area contributed by atoms with Crippen LogP contribution in [0.25, 0.3) is 0 Å². The summed E-state index contributed by atoms with van der Waals surface area (Å²) in [6.45, 7) is 2.02. The highest BCUT2D eigenvalue weighted by molar-refractivity contribution is 5.34. The molecule has 20 heavy (non-hydrogen) atoms. The van der Waals surface area contributed by atoms with E-state index in [9.17, 15) is 4.39 Å². The Labute approximate surface area is 119 Å². The third-order valence-electron chi connectivity index (χ3n) is 3.75. The average molecular weight is 273 g/mol. The molecule has 0 heterocycles. The summed E-state index contributed by atoms with van der Waals surface area (Å²) in [5.74, 6) is -0.0665. The number of methoxy groups -OCH3 is 1. The van der Waals surface area contributed by atoms with Gasteiger partial charge in [-0.05, 0) is 30.0 Å². The maximum Gasteiger partial charge on any atom is 0.168 e. The van der Waals surface area contributed by atoms with Gasteiger partial charge in [0.1, 0.15) is 0 Å². The fourth-order valence-corrected chi connectivity index (χ4v) is 2.39. The van der Waals surface area contributed by atoms with Crippen LogP contribution in [0.3, 0.4) is 0 Å². The molecule has 0 radical (unpaired) electrons. The van der Waals surface area contributed by atoms with Crippen LogP contribution in [0.15, 0.2) is 48.5 Å². The fourth-order valence-electron chi connectivity index (χ4n) is 2.39. The lowest BCUT2D eigenvalue weighted by Crippen LogP contribution is -2.38. The van der Waals surface area contributed by atoms with Crippen LogP contribution in [0, 0.1) is 5.82 Å². The van der Waals surface area contributed by atoms with E-state index in [1.165, 1.54) is 7.11 Å². The van der Waals surface area contributed by atoms with Crippen molar-refractivity contribution in [1.29, 1.82) is 0 Å². The minimum absolute atomic E-state index is 0.258. The molecule has 0 aliphatic carbocycles. The molecule has 0 aromatic heterocycles. The van der Waals surface area contributed by atoms with Crippen molar-refractivity contribution in [3.8, 4) is 5.75 Å². The quantitative estimate of drug-likeness (QED) is 0.902. The van der Waals surface area contributed by atoms with Crippen LogP contribution in [0.5, 0.6) is 5.75 Å². The van der Waals surface area contributed by atoms with Gasteiger partial charge in [-0.2, -0.15) is 0 Å². The number of benzene rings is 2. The van der Waals surface area contributed by atoms with Crippen molar-refractivity contribution in [2.75, 3.05) is 7.11 Å². The zero-order valence-electron chi connectivity index (χ0n) is 11.9. The first-order valence-electron chi connectivity index (χ1n) is 6.76. The molecule has 1 atom stereocenters. The number of ether oxygens (including phenoxy) is 1. The van der Waals surface area contributed by atoms with Gasteiger partial charge in [0.15, 0.2) is 11.6 Å². The predicted molar refractivity (Wildman–Crippen MR) is 79.3 cm³/mol. The Morgan fingerprint density at radius 1 is 1.10 bits per heavy atom. The summed E-state index contributed by atoms with van der Waals surface area (Å²) in [5.41, 5.74) is 7.53. The normalized spacial score (nSPS) is 13.8. The van der Waals surface area contributed by atoms with E-state index in [0.717, 1.165) is 12.0 Å². The number of rotatable bonds is 5. The minimum Gasteiger partial charge on any atom is -0.494 e. The Balaban J connectivity index is 2.36. The first-order valence-corrected chi connectivity index (χ1v) is 6.76. The van der Waals surface area contributed by atoms with Gasteiger partial charge in [0.05, 0.1) is 7.11 Å². The molecule has 1 unspecified atom stereocenters. The molecule has 3 heteroatoms. The number of hydrogen-bond acceptors (Lipinski definition) is 2. The van der Waals surface area contributed by atoms with Gasteiger partial charge in [-0.3, -0.25) is 0 Å². The van der Waals surface area contributed by atoms with Gasteiger partial charge in [0.25, 0.3) is 0 Å². The second-order valence-electron chi connectivity index (χ2n) is 4.99. The molecule has 2 N–H and O–H groups in total. The van der Waals surface area contributed by atoms with Gasteiger partial charge in [-0.25, -0.2) is 4.39 Å². The Bertz CT molecular complexity index is 570. The van der Waals surface area contributed by atoms with Gasteiger partial charge in [0.2, 0.25) is 0 Å². The molecule has 0 saturated heterocycles. The van der Waals surface area contributed by atoms with Crippen LogP contribution >= 0.6 is 0 Å². The van der Waals surface area contributed by atoms with Crippen molar-refractivity contribution in [3.63, 3.8) is 0 Å². The van der Waals surface area contributed by atoms with E-state index in [-0.39, 0.29) is 11.6 Å². The molecule has 0 aliphatic heterocycles. The molecule has 0 saturated carbocycles. The molecular formula is C17H20FNO. The topological polar surface area (TPSA) is 35.2 Å². The van der Waals surface area contributed by atoms with E-state index in [1.807, 2.05) is 37.3 Å². The van der Waals surface area contributed by atoms with Crippen molar-refractivity contribution in [2.24, 2.45) is 5.73 Å². The number of hydrogen-bond donors (Lipinski definition) is 1. The largest absolute Gasteiger partial charge is 0.494 e. The summed E-state index contributed by atoms with van der Waals surface area (Å²) in [5, 5.41) is 0. The van der Waals surface area contributed by atoms with Gasteiger partial charge >= 0.3 is 0 Å². The van der Waals surface area contributed by atoms with Crippen LogP contribution in [-0.2, 0) is 12.0 Å². The molecule has 2 aromatic carbocycles. The molecule has 0 amide bonds. The third-order valence-corrected chi connectivity index (χ3v) is 3.75. The second kappa shape index (κ2) is 6.06. The van der Waals surface area contributed by atoms with E-state index in [0.29, 0.717) is 12.0 Å². The molecule has 0 spiro atoms. The lowest BCUT2D eigenvalue weighted by atomic mass is 9.82.